The first kappa shape index (κ1) is 20.0. The zero-order valence-corrected chi connectivity index (χ0v) is 16.3. The quantitative estimate of drug-likeness (QED) is 0.495. The van der Waals surface area contributed by atoms with Crippen LogP contribution in [0.3, 0.4) is 0 Å². The van der Waals surface area contributed by atoms with Gasteiger partial charge in [0.15, 0.2) is 0 Å². The summed E-state index contributed by atoms with van der Waals surface area (Å²) >= 11 is 0. The molecular formula is C21H23F3N2O2. The van der Waals surface area contributed by atoms with Crippen LogP contribution in [0.4, 0.5) is 13.2 Å². The van der Waals surface area contributed by atoms with Gasteiger partial charge < -0.3 is 14.0 Å². The van der Waals surface area contributed by atoms with Gasteiger partial charge in [0.1, 0.15) is 11.5 Å². The molecule has 0 saturated carbocycles. The number of rotatable bonds is 6. The molecule has 0 bridgehead atoms. The molecule has 0 spiro atoms. The van der Waals surface area contributed by atoms with Gasteiger partial charge in [-0.2, -0.15) is 0 Å². The van der Waals surface area contributed by atoms with Gasteiger partial charge in [-0.1, -0.05) is 13.8 Å². The van der Waals surface area contributed by atoms with Gasteiger partial charge >= 0.3 is 6.36 Å². The number of aryl methyl sites for hydroxylation is 1. The first-order valence-corrected chi connectivity index (χ1v) is 9.19. The van der Waals surface area contributed by atoms with E-state index in [0.29, 0.717) is 17.3 Å². The zero-order valence-electron chi connectivity index (χ0n) is 16.3. The molecule has 2 heterocycles. The van der Waals surface area contributed by atoms with Crippen LogP contribution in [0.15, 0.2) is 36.5 Å². The Hall–Kier alpha value is -2.70. The van der Waals surface area contributed by atoms with E-state index in [2.05, 4.69) is 29.2 Å². The van der Waals surface area contributed by atoms with Crippen molar-refractivity contribution in [3.63, 3.8) is 0 Å². The molecule has 0 aliphatic heterocycles. The number of hydrogen-bond donors (Lipinski definition) is 0. The highest BCUT2D eigenvalue weighted by molar-refractivity contribution is 5.83. The minimum atomic E-state index is -4.75. The largest absolute Gasteiger partial charge is 0.573 e. The van der Waals surface area contributed by atoms with Crippen molar-refractivity contribution in [2.75, 3.05) is 7.11 Å². The second-order valence-electron chi connectivity index (χ2n) is 6.66. The van der Waals surface area contributed by atoms with Crippen LogP contribution in [0.2, 0.25) is 0 Å². The fraction of sp³-hybridized carbons (Fsp3) is 0.381. The predicted octanol–water partition coefficient (Wildman–Crippen LogP) is 6.28. The van der Waals surface area contributed by atoms with Crippen LogP contribution >= 0.6 is 0 Å². The number of hydrogen-bond acceptors (Lipinski definition) is 3. The van der Waals surface area contributed by atoms with E-state index in [4.69, 9.17) is 9.72 Å². The summed E-state index contributed by atoms with van der Waals surface area (Å²) in [4.78, 5) is 4.77. The Kier molecular flexibility index (Phi) is 5.54. The lowest BCUT2D eigenvalue weighted by molar-refractivity contribution is -0.274. The van der Waals surface area contributed by atoms with Gasteiger partial charge in [0.05, 0.1) is 23.8 Å². The van der Waals surface area contributed by atoms with Crippen LogP contribution in [-0.2, 0) is 0 Å². The number of alkyl halides is 3. The van der Waals surface area contributed by atoms with Gasteiger partial charge in [0, 0.05) is 23.9 Å². The van der Waals surface area contributed by atoms with E-state index in [1.54, 1.807) is 6.07 Å². The minimum absolute atomic E-state index is 0.274. The Morgan fingerprint density at radius 1 is 1.11 bits per heavy atom. The standard InChI is InChI=1S/C21H23F3N2O2/c1-5-14(6-2)26-10-9-17-18(26)11-13(3)20(25-17)16-8-7-15(12-19(16)27-4)28-21(22,23)24/h7-12,14H,5-6H2,1-4H3. The van der Waals surface area contributed by atoms with E-state index < -0.39 is 6.36 Å². The zero-order chi connectivity index (χ0) is 20.5. The molecule has 7 heteroatoms. The van der Waals surface area contributed by atoms with E-state index >= 15 is 0 Å². The van der Waals surface area contributed by atoms with Crippen molar-refractivity contribution in [1.82, 2.24) is 9.55 Å². The lowest BCUT2D eigenvalue weighted by Crippen LogP contribution is -2.17. The van der Waals surface area contributed by atoms with Gasteiger partial charge in [-0.05, 0) is 49.6 Å². The first-order valence-electron chi connectivity index (χ1n) is 9.19. The molecule has 3 aromatic rings. The third-order valence-electron chi connectivity index (χ3n) is 4.89. The summed E-state index contributed by atoms with van der Waals surface area (Å²) < 4.78 is 49.0. The lowest BCUT2D eigenvalue weighted by Gasteiger charge is -2.17. The molecule has 0 atom stereocenters. The molecule has 1 aromatic carbocycles. The van der Waals surface area contributed by atoms with Crippen LogP contribution in [0, 0.1) is 6.92 Å². The maximum Gasteiger partial charge on any atom is 0.573 e. The Bertz CT molecular complexity index is 976. The Balaban J connectivity index is 2.07. The van der Waals surface area contributed by atoms with Gasteiger partial charge in [-0.15, -0.1) is 13.2 Å². The summed E-state index contributed by atoms with van der Waals surface area (Å²) in [6, 6.07) is 8.46. The fourth-order valence-electron chi connectivity index (χ4n) is 3.51. The molecule has 0 fully saturated rings. The highest BCUT2D eigenvalue weighted by Crippen LogP contribution is 2.37. The molecular weight excluding hydrogens is 369 g/mol. The molecule has 0 unspecified atom stereocenters. The summed E-state index contributed by atoms with van der Waals surface area (Å²) in [5.74, 6) is -0.0529. The molecule has 2 aromatic heterocycles. The van der Waals surface area contributed by atoms with Crippen LogP contribution in [0.25, 0.3) is 22.3 Å². The van der Waals surface area contributed by atoms with E-state index in [0.717, 1.165) is 29.4 Å². The van der Waals surface area contributed by atoms with Gasteiger partial charge in [-0.3, -0.25) is 0 Å². The number of pyridine rings is 1. The number of aromatic nitrogens is 2. The van der Waals surface area contributed by atoms with Crippen molar-refractivity contribution in [3.05, 3.63) is 42.1 Å². The topological polar surface area (TPSA) is 36.3 Å². The molecule has 0 aliphatic rings. The van der Waals surface area contributed by atoms with Crippen LogP contribution in [-0.4, -0.2) is 23.0 Å². The summed E-state index contributed by atoms with van der Waals surface area (Å²) in [5.41, 5.74) is 4.09. The van der Waals surface area contributed by atoms with Crippen molar-refractivity contribution in [1.29, 1.82) is 0 Å². The molecule has 3 rings (SSSR count). The van der Waals surface area contributed by atoms with Crippen molar-refractivity contribution in [3.8, 4) is 22.8 Å². The first-order chi connectivity index (χ1) is 13.3. The van der Waals surface area contributed by atoms with Crippen LogP contribution in [0.1, 0.15) is 38.3 Å². The average Bonchev–Trinajstić information content (AvgIpc) is 3.03. The second kappa shape index (κ2) is 7.73. The summed E-state index contributed by atoms with van der Waals surface area (Å²) in [7, 11) is 1.41. The third kappa shape index (κ3) is 3.93. The van der Waals surface area contributed by atoms with E-state index in [9.17, 15) is 13.2 Å². The number of nitrogens with zero attached hydrogens (tertiary/aromatic N) is 2. The Morgan fingerprint density at radius 3 is 2.43 bits per heavy atom. The molecule has 0 aliphatic carbocycles. The number of fused-ring (bicyclic) bond motifs is 1. The molecule has 28 heavy (non-hydrogen) atoms. The highest BCUT2D eigenvalue weighted by Gasteiger charge is 2.31. The monoisotopic (exact) mass is 392 g/mol. The van der Waals surface area contributed by atoms with Gasteiger partial charge in [-0.25, -0.2) is 4.98 Å². The SMILES string of the molecule is CCC(CC)n1ccc2nc(-c3ccc(OC(F)(F)F)cc3OC)c(C)cc21. The molecule has 0 saturated heterocycles. The number of halogens is 3. The second-order valence-corrected chi connectivity index (χ2v) is 6.66. The summed E-state index contributed by atoms with van der Waals surface area (Å²) in [6.07, 6.45) is -0.668. The Labute approximate surface area is 161 Å². The summed E-state index contributed by atoms with van der Waals surface area (Å²) in [5, 5.41) is 0. The number of methoxy groups -OCH3 is 1. The number of benzene rings is 1. The summed E-state index contributed by atoms with van der Waals surface area (Å²) in [6.45, 7) is 6.25. The molecule has 0 amide bonds. The van der Waals surface area contributed by atoms with Crippen molar-refractivity contribution in [2.45, 2.75) is 46.0 Å². The normalized spacial score (nSPS) is 12.0. The van der Waals surface area contributed by atoms with Crippen molar-refractivity contribution in [2.24, 2.45) is 0 Å². The third-order valence-corrected chi connectivity index (χ3v) is 4.89. The Morgan fingerprint density at radius 2 is 1.82 bits per heavy atom. The van der Waals surface area contributed by atoms with Crippen molar-refractivity contribution < 1.29 is 22.6 Å². The van der Waals surface area contributed by atoms with Crippen LogP contribution < -0.4 is 9.47 Å². The highest BCUT2D eigenvalue weighted by atomic mass is 19.4. The van der Waals surface area contributed by atoms with Crippen molar-refractivity contribution >= 4 is 11.0 Å². The van der Waals surface area contributed by atoms with Gasteiger partial charge in [0.25, 0.3) is 0 Å². The maximum absolute atomic E-state index is 12.5. The fourth-order valence-corrected chi connectivity index (χ4v) is 3.51. The molecule has 0 N–H and O–H groups in total. The number of ether oxygens (including phenoxy) is 2. The van der Waals surface area contributed by atoms with Crippen LogP contribution in [0.5, 0.6) is 11.5 Å². The van der Waals surface area contributed by atoms with E-state index in [1.165, 1.54) is 19.2 Å². The van der Waals surface area contributed by atoms with Gasteiger partial charge in [0.2, 0.25) is 0 Å². The molecule has 0 radical (unpaired) electrons. The smallest absolute Gasteiger partial charge is 0.496 e. The maximum atomic E-state index is 12.5. The molecule has 150 valence electrons. The predicted molar refractivity (Wildman–Crippen MR) is 103 cm³/mol. The van der Waals surface area contributed by atoms with E-state index in [1.807, 2.05) is 19.2 Å². The van der Waals surface area contributed by atoms with E-state index in [-0.39, 0.29) is 11.5 Å². The minimum Gasteiger partial charge on any atom is -0.496 e. The average molecular weight is 392 g/mol. The lowest BCUT2D eigenvalue weighted by atomic mass is 10.0. The molecule has 4 nitrogen and oxygen atoms in total.